The Hall–Kier alpha value is -3.54. The Bertz CT molecular complexity index is 945. The second-order valence-corrected chi connectivity index (χ2v) is 5.79. The molecule has 0 aliphatic heterocycles. The van der Waals surface area contributed by atoms with Gasteiger partial charge in [0, 0.05) is 24.0 Å². The van der Waals surface area contributed by atoms with Crippen molar-refractivity contribution < 1.29 is 13.9 Å². The van der Waals surface area contributed by atoms with Crippen LogP contribution in [0.25, 0.3) is 6.08 Å². The van der Waals surface area contributed by atoms with Crippen molar-refractivity contribution in [2.75, 3.05) is 0 Å². The highest BCUT2D eigenvalue weighted by molar-refractivity contribution is 5.92. The number of aromatic nitrogens is 2. The molecule has 1 heterocycles. The van der Waals surface area contributed by atoms with Crippen molar-refractivity contribution in [1.29, 1.82) is 0 Å². The van der Waals surface area contributed by atoms with Gasteiger partial charge < -0.3 is 10.1 Å². The zero-order valence-corrected chi connectivity index (χ0v) is 14.7. The van der Waals surface area contributed by atoms with Gasteiger partial charge in [-0.1, -0.05) is 30.3 Å². The van der Waals surface area contributed by atoms with Crippen LogP contribution in [-0.4, -0.2) is 15.9 Å². The Kier molecular flexibility index (Phi) is 5.89. The first-order valence-corrected chi connectivity index (χ1v) is 8.40. The van der Waals surface area contributed by atoms with Crippen LogP contribution in [0.2, 0.25) is 0 Å². The number of carbonyl (C=O) groups excluding carboxylic acids is 1. The van der Waals surface area contributed by atoms with Gasteiger partial charge in [0.2, 0.25) is 5.91 Å². The number of carbonyl (C=O) groups is 1. The molecule has 0 spiro atoms. The van der Waals surface area contributed by atoms with Crippen LogP contribution in [0.3, 0.4) is 0 Å². The molecule has 1 amide bonds. The third-order valence-corrected chi connectivity index (χ3v) is 3.79. The Labute approximate surface area is 156 Å². The Balaban J connectivity index is 1.63. The van der Waals surface area contributed by atoms with Crippen molar-refractivity contribution >= 4 is 12.0 Å². The van der Waals surface area contributed by atoms with Crippen molar-refractivity contribution in [3.05, 3.63) is 90.0 Å². The van der Waals surface area contributed by atoms with Crippen LogP contribution >= 0.6 is 0 Å². The topological polar surface area (TPSA) is 64.1 Å². The number of benzene rings is 2. The minimum absolute atomic E-state index is 0.249. The maximum absolute atomic E-state index is 13.6. The first kappa shape index (κ1) is 18.3. The molecule has 0 saturated heterocycles. The lowest BCUT2D eigenvalue weighted by molar-refractivity contribution is -0.117. The minimum Gasteiger partial charge on any atom is -0.424 e. The van der Waals surface area contributed by atoms with E-state index in [4.69, 9.17) is 4.74 Å². The zero-order valence-electron chi connectivity index (χ0n) is 14.7. The van der Waals surface area contributed by atoms with Crippen LogP contribution in [0.4, 0.5) is 4.39 Å². The van der Waals surface area contributed by atoms with Gasteiger partial charge >= 0.3 is 6.01 Å². The standard InChI is InChI=1S/C21H18FN3O2/c1-15(25-20(26)11-10-16-6-2-3-9-19(16)22)17-7-4-8-18(14-17)27-21-23-12-5-13-24-21/h2-15H,1H3,(H,25,26)/b11-10+. The summed E-state index contributed by atoms with van der Waals surface area (Å²) in [5.74, 6) is -0.118. The summed E-state index contributed by atoms with van der Waals surface area (Å²) in [7, 11) is 0. The Morgan fingerprint density at radius 2 is 1.89 bits per heavy atom. The van der Waals surface area contributed by atoms with Gasteiger partial charge in [0.1, 0.15) is 11.6 Å². The van der Waals surface area contributed by atoms with E-state index in [1.165, 1.54) is 18.2 Å². The summed E-state index contributed by atoms with van der Waals surface area (Å²) in [5, 5.41) is 2.84. The number of nitrogens with zero attached hydrogens (tertiary/aromatic N) is 2. The fourth-order valence-electron chi connectivity index (χ4n) is 2.41. The number of rotatable bonds is 6. The first-order valence-electron chi connectivity index (χ1n) is 8.40. The quantitative estimate of drug-likeness (QED) is 0.663. The van der Waals surface area contributed by atoms with Gasteiger partial charge in [-0.2, -0.15) is 0 Å². The van der Waals surface area contributed by atoms with Crippen molar-refractivity contribution in [3.63, 3.8) is 0 Å². The molecular formula is C21H18FN3O2. The molecule has 6 heteroatoms. The van der Waals surface area contributed by atoms with E-state index < -0.39 is 0 Å². The average Bonchev–Trinajstić information content (AvgIpc) is 2.68. The van der Waals surface area contributed by atoms with E-state index in [1.54, 1.807) is 42.7 Å². The van der Waals surface area contributed by atoms with Crippen molar-refractivity contribution in [3.8, 4) is 11.8 Å². The molecule has 0 bridgehead atoms. The molecule has 2 aromatic carbocycles. The molecule has 0 radical (unpaired) electrons. The molecule has 3 rings (SSSR count). The summed E-state index contributed by atoms with van der Waals surface area (Å²) in [6.45, 7) is 1.85. The van der Waals surface area contributed by atoms with Crippen LogP contribution in [0.1, 0.15) is 24.1 Å². The van der Waals surface area contributed by atoms with Crippen LogP contribution in [-0.2, 0) is 4.79 Å². The fraction of sp³-hybridized carbons (Fsp3) is 0.0952. The summed E-state index contributed by atoms with van der Waals surface area (Å²) < 4.78 is 19.2. The molecule has 27 heavy (non-hydrogen) atoms. The molecule has 0 aliphatic rings. The van der Waals surface area contributed by atoms with Crippen molar-refractivity contribution in [1.82, 2.24) is 15.3 Å². The molecule has 1 atom stereocenters. The first-order chi connectivity index (χ1) is 13.1. The zero-order chi connectivity index (χ0) is 19.1. The van der Waals surface area contributed by atoms with E-state index in [1.807, 2.05) is 25.1 Å². The van der Waals surface area contributed by atoms with E-state index in [-0.39, 0.29) is 23.8 Å². The molecular weight excluding hydrogens is 345 g/mol. The molecule has 3 aromatic rings. The molecule has 0 aliphatic carbocycles. The normalized spacial score (nSPS) is 11.9. The van der Waals surface area contributed by atoms with E-state index in [9.17, 15) is 9.18 Å². The summed E-state index contributed by atoms with van der Waals surface area (Å²) >= 11 is 0. The third kappa shape index (κ3) is 5.22. The third-order valence-electron chi connectivity index (χ3n) is 3.79. The smallest absolute Gasteiger partial charge is 0.321 e. The average molecular weight is 363 g/mol. The largest absolute Gasteiger partial charge is 0.424 e. The Morgan fingerprint density at radius 1 is 1.11 bits per heavy atom. The Morgan fingerprint density at radius 3 is 2.67 bits per heavy atom. The molecule has 5 nitrogen and oxygen atoms in total. The van der Waals surface area contributed by atoms with E-state index in [0.29, 0.717) is 11.3 Å². The number of halogens is 1. The lowest BCUT2D eigenvalue weighted by atomic mass is 10.1. The number of hydrogen-bond acceptors (Lipinski definition) is 4. The molecule has 1 N–H and O–H groups in total. The summed E-state index contributed by atoms with van der Waals surface area (Å²) in [4.78, 5) is 20.1. The van der Waals surface area contributed by atoms with Gasteiger partial charge in [0.25, 0.3) is 0 Å². The highest BCUT2D eigenvalue weighted by atomic mass is 19.1. The molecule has 0 fully saturated rings. The van der Waals surface area contributed by atoms with Gasteiger partial charge in [0.05, 0.1) is 6.04 Å². The highest BCUT2D eigenvalue weighted by Gasteiger charge is 2.09. The lowest BCUT2D eigenvalue weighted by Gasteiger charge is -2.14. The summed E-state index contributed by atoms with van der Waals surface area (Å²) in [6.07, 6.45) is 5.95. The predicted molar refractivity (Wildman–Crippen MR) is 101 cm³/mol. The van der Waals surface area contributed by atoms with E-state index >= 15 is 0 Å². The van der Waals surface area contributed by atoms with Gasteiger partial charge in [-0.25, -0.2) is 14.4 Å². The molecule has 0 saturated carbocycles. The van der Waals surface area contributed by atoms with Crippen molar-refractivity contribution in [2.24, 2.45) is 0 Å². The van der Waals surface area contributed by atoms with Crippen LogP contribution in [0, 0.1) is 5.82 Å². The molecule has 1 unspecified atom stereocenters. The van der Waals surface area contributed by atoms with Gasteiger partial charge in [0.15, 0.2) is 0 Å². The van der Waals surface area contributed by atoms with Gasteiger partial charge in [-0.15, -0.1) is 0 Å². The second kappa shape index (κ2) is 8.71. The summed E-state index contributed by atoms with van der Waals surface area (Å²) in [5.41, 5.74) is 1.22. The number of amides is 1. The van der Waals surface area contributed by atoms with Crippen LogP contribution in [0.15, 0.2) is 73.1 Å². The monoisotopic (exact) mass is 363 g/mol. The fourth-order valence-corrected chi connectivity index (χ4v) is 2.41. The van der Waals surface area contributed by atoms with E-state index in [2.05, 4.69) is 15.3 Å². The maximum atomic E-state index is 13.6. The van der Waals surface area contributed by atoms with Gasteiger partial charge in [-0.05, 0) is 42.8 Å². The van der Waals surface area contributed by atoms with E-state index in [0.717, 1.165) is 5.56 Å². The maximum Gasteiger partial charge on any atom is 0.321 e. The number of hydrogen-bond donors (Lipinski definition) is 1. The van der Waals surface area contributed by atoms with Crippen molar-refractivity contribution in [2.45, 2.75) is 13.0 Å². The molecule has 1 aromatic heterocycles. The van der Waals surface area contributed by atoms with Crippen LogP contribution in [0.5, 0.6) is 11.8 Å². The number of nitrogens with one attached hydrogen (secondary N) is 1. The minimum atomic E-state index is -0.373. The van der Waals surface area contributed by atoms with Crippen LogP contribution < -0.4 is 10.1 Å². The predicted octanol–water partition coefficient (Wildman–Crippen LogP) is 4.30. The lowest BCUT2D eigenvalue weighted by Crippen LogP contribution is -2.24. The highest BCUT2D eigenvalue weighted by Crippen LogP contribution is 2.22. The molecule has 136 valence electrons. The number of ether oxygens (including phenoxy) is 1. The summed E-state index contributed by atoms with van der Waals surface area (Å²) in [6, 6.07) is 15.3. The van der Waals surface area contributed by atoms with Gasteiger partial charge in [-0.3, -0.25) is 4.79 Å². The SMILES string of the molecule is CC(NC(=O)/C=C/c1ccccc1F)c1cccc(Oc2ncccn2)c1. The second-order valence-electron chi connectivity index (χ2n) is 5.79.